The highest BCUT2D eigenvalue weighted by Crippen LogP contribution is 1.95. The van der Waals surface area contributed by atoms with E-state index in [0.29, 0.717) is 13.0 Å². The van der Waals surface area contributed by atoms with Gasteiger partial charge in [-0.05, 0) is 12.1 Å². The SMILES string of the molecule is CC(C)C(=O)OCCOC(=O)NCCc1ccccn1. The molecule has 1 aromatic rings. The predicted octanol–water partition coefficient (Wildman–Crippen LogP) is 1.55. The number of carbonyl (C=O) groups is 2. The van der Waals surface area contributed by atoms with Crippen LogP contribution in [-0.4, -0.2) is 36.8 Å². The Morgan fingerprint density at radius 1 is 1.25 bits per heavy atom. The number of carbonyl (C=O) groups excluding carboxylic acids is 2. The standard InChI is InChI=1S/C14H20N2O4/c1-11(2)13(17)19-9-10-20-14(18)16-8-6-12-5-3-4-7-15-12/h3-5,7,11H,6,8-10H2,1-2H3,(H,16,18). The number of alkyl carbamates (subject to hydrolysis) is 1. The largest absolute Gasteiger partial charge is 0.462 e. The minimum Gasteiger partial charge on any atom is -0.462 e. The average Bonchev–Trinajstić information content (AvgIpc) is 2.44. The molecule has 6 heteroatoms. The van der Waals surface area contributed by atoms with Gasteiger partial charge >= 0.3 is 12.1 Å². The summed E-state index contributed by atoms with van der Waals surface area (Å²) in [5.74, 6) is -0.480. The number of ether oxygens (including phenoxy) is 2. The molecule has 1 aromatic heterocycles. The van der Waals surface area contributed by atoms with Crippen LogP contribution in [0.1, 0.15) is 19.5 Å². The summed E-state index contributed by atoms with van der Waals surface area (Å²) in [6.45, 7) is 4.06. The second-order valence-corrected chi connectivity index (χ2v) is 4.46. The summed E-state index contributed by atoms with van der Waals surface area (Å²) in [7, 11) is 0. The molecule has 1 amide bonds. The van der Waals surface area contributed by atoms with Crippen molar-refractivity contribution in [2.75, 3.05) is 19.8 Å². The van der Waals surface area contributed by atoms with Crippen molar-refractivity contribution in [3.8, 4) is 0 Å². The summed E-state index contributed by atoms with van der Waals surface area (Å²) >= 11 is 0. The summed E-state index contributed by atoms with van der Waals surface area (Å²) in [6.07, 6.45) is 1.82. The highest BCUT2D eigenvalue weighted by atomic mass is 16.6. The van der Waals surface area contributed by atoms with E-state index < -0.39 is 6.09 Å². The van der Waals surface area contributed by atoms with Crippen molar-refractivity contribution in [2.45, 2.75) is 20.3 Å². The average molecular weight is 280 g/mol. The molecule has 0 aliphatic heterocycles. The number of nitrogens with zero attached hydrogens (tertiary/aromatic N) is 1. The summed E-state index contributed by atoms with van der Waals surface area (Å²) in [4.78, 5) is 26.6. The van der Waals surface area contributed by atoms with E-state index >= 15 is 0 Å². The molecule has 0 aliphatic rings. The predicted molar refractivity (Wildman–Crippen MR) is 73.1 cm³/mol. The Bertz CT molecular complexity index is 420. The van der Waals surface area contributed by atoms with Crippen molar-refractivity contribution in [1.82, 2.24) is 10.3 Å². The first kappa shape index (κ1) is 15.9. The van der Waals surface area contributed by atoms with Gasteiger partial charge in [-0.2, -0.15) is 0 Å². The Morgan fingerprint density at radius 3 is 2.65 bits per heavy atom. The van der Waals surface area contributed by atoms with Crippen molar-refractivity contribution >= 4 is 12.1 Å². The van der Waals surface area contributed by atoms with E-state index in [9.17, 15) is 9.59 Å². The fourth-order valence-electron chi connectivity index (χ4n) is 1.33. The van der Waals surface area contributed by atoms with Crippen LogP contribution in [0.4, 0.5) is 4.79 Å². The van der Waals surface area contributed by atoms with Crippen LogP contribution in [0.15, 0.2) is 24.4 Å². The number of amides is 1. The molecule has 0 spiro atoms. The van der Waals surface area contributed by atoms with Crippen LogP contribution in [0.5, 0.6) is 0 Å². The van der Waals surface area contributed by atoms with Gasteiger partial charge in [-0.3, -0.25) is 9.78 Å². The topological polar surface area (TPSA) is 77.5 Å². The number of pyridine rings is 1. The Hall–Kier alpha value is -2.11. The monoisotopic (exact) mass is 280 g/mol. The first-order chi connectivity index (χ1) is 9.59. The van der Waals surface area contributed by atoms with Crippen LogP contribution in [0, 0.1) is 5.92 Å². The molecule has 0 atom stereocenters. The van der Waals surface area contributed by atoms with Gasteiger partial charge in [0.05, 0.1) is 5.92 Å². The smallest absolute Gasteiger partial charge is 0.407 e. The molecule has 0 fully saturated rings. The van der Waals surface area contributed by atoms with Crippen molar-refractivity contribution < 1.29 is 19.1 Å². The minimum absolute atomic E-state index is 0.0495. The fraction of sp³-hybridized carbons (Fsp3) is 0.500. The van der Waals surface area contributed by atoms with Crippen LogP contribution in [-0.2, 0) is 20.7 Å². The van der Waals surface area contributed by atoms with Gasteiger partial charge in [-0.1, -0.05) is 19.9 Å². The minimum atomic E-state index is -0.526. The molecule has 0 saturated heterocycles. The number of hydrogen-bond donors (Lipinski definition) is 1. The fourth-order valence-corrected chi connectivity index (χ4v) is 1.33. The molecule has 0 bridgehead atoms. The molecule has 0 saturated carbocycles. The first-order valence-corrected chi connectivity index (χ1v) is 6.56. The van der Waals surface area contributed by atoms with Crippen LogP contribution in [0.25, 0.3) is 0 Å². The molecule has 1 heterocycles. The van der Waals surface area contributed by atoms with E-state index in [1.165, 1.54) is 0 Å². The van der Waals surface area contributed by atoms with Gasteiger partial charge in [0, 0.05) is 24.9 Å². The van der Waals surface area contributed by atoms with E-state index in [1.807, 2.05) is 18.2 Å². The second-order valence-electron chi connectivity index (χ2n) is 4.46. The third kappa shape index (κ3) is 6.72. The van der Waals surface area contributed by atoms with Crippen molar-refractivity contribution in [1.29, 1.82) is 0 Å². The highest BCUT2D eigenvalue weighted by Gasteiger charge is 2.08. The molecule has 1 rings (SSSR count). The van der Waals surface area contributed by atoms with Crippen LogP contribution < -0.4 is 5.32 Å². The molecule has 0 aromatic carbocycles. The Balaban J connectivity index is 2.05. The van der Waals surface area contributed by atoms with Crippen LogP contribution in [0.2, 0.25) is 0 Å². The molecular weight excluding hydrogens is 260 g/mol. The van der Waals surface area contributed by atoms with E-state index in [4.69, 9.17) is 9.47 Å². The Kier molecular flexibility index (Phi) is 7.10. The number of aromatic nitrogens is 1. The van der Waals surface area contributed by atoms with E-state index in [2.05, 4.69) is 10.3 Å². The molecule has 1 N–H and O–H groups in total. The zero-order valence-electron chi connectivity index (χ0n) is 11.8. The van der Waals surface area contributed by atoms with E-state index in [1.54, 1.807) is 20.0 Å². The van der Waals surface area contributed by atoms with Crippen molar-refractivity contribution in [3.05, 3.63) is 30.1 Å². The maximum atomic E-state index is 11.3. The zero-order chi connectivity index (χ0) is 14.8. The summed E-state index contributed by atoms with van der Waals surface area (Å²) in [6, 6.07) is 5.62. The maximum absolute atomic E-state index is 11.3. The molecule has 20 heavy (non-hydrogen) atoms. The van der Waals surface area contributed by atoms with Crippen LogP contribution >= 0.6 is 0 Å². The molecule has 0 aliphatic carbocycles. The lowest BCUT2D eigenvalue weighted by Gasteiger charge is -2.08. The third-order valence-corrected chi connectivity index (χ3v) is 2.41. The quantitative estimate of drug-likeness (QED) is 0.605. The number of rotatable bonds is 7. The molecular formula is C14H20N2O4. The first-order valence-electron chi connectivity index (χ1n) is 6.56. The maximum Gasteiger partial charge on any atom is 0.407 e. The Morgan fingerprint density at radius 2 is 2.00 bits per heavy atom. The number of esters is 1. The lowest BCUT2D eigenvalue weighted by atomic mass is 10.2. The van der Waals surface area contributed by atoms with Crippen LogP contribution in [0.3, 0.4) is 0 Å². The molecule has 110 valence electrons. The molecule has 0 radical (unpaired) electrons. The molecule has 0 unspecified atom stereocenters. The summed E-state index contributed by atoms with van der Waals surface area (Å²) < 4.78 is 9.74. The van der Waals surface area contributed by atoms with Gasteiger partial charge in [0.1, 0.15) is 13.2 Å². The lowest BCUT2D eigenvalue weighted by Crippen LogP contribution is -2.28. The van der Waals surface area contributed by atoms with Gasteiger partial charge in [-0.25, -0.2) is 4.79 Å². The summed E-state index contributed by atoms with van der Waals surface area (Å²) in [5, 5.41) is 2.60. The highest BCUT2D eigenvalue weighted by molar-refractivity contribution is 5.71. The number of hydrogen-bond acceptors (Lipinski definition) is 5. The van der Waals surface area contributed by atoms with Gasteiger partial charge < -0.3 is 14.8 Å². The lowest BCUT2D eigenvalue weighted by molar-refractivity contribution is -0.148. The number of nitrogens with one attached hydrogen (secondary N) is 1. The van der Waals surface area contributed by atoms with Gasteiger partial charge in [0.25, 0.3) is 0 Å². The van der Waals surface area contributed by atoms with Gasteiger partial charge in [0.15, 0.2) is 0 Å². The summed E-state index contributed by atoms with van der Waals surface area (Å²) in [5.41, 5.74) is 0.902. The van der Waals surface area contributed by atoms with Gasteiger partial charge in [0.2, 0.25) is 0 Å². The van der Waals surface area contributed by atoms with E-state index in [0.717, 1.165) is 5.69 Å². The Labute approximate surface area is 118 Å². The second kappa shape index (κ2) is 8.90. The third-order valence-electron chi connectivity index (χ3n) is 2.41. The van der Waals surface area contributed by atoms with E-state index in [-0.39, 0.29) is 25.1 Å². The van der Waals surface area contributed by atoms with Crippen molar-refractivity contribution in [2.24, 2.45) is 5.92 Å². The normalized spacial score (nSPS) is 10.2. The van der Waals surface area contributed by atoms with Crippen molar-refractivity contribution in [3.63, 3.8) is 0 Å². The van der Waals surface area contributed by atoms with Gasteiger partial charge in [-0.15, -0.1) is 0 Å². The zero-order valence-corrected chi connectivity index (χ0v) is 11.8. The molecule has 6 nitrogen and oxygen atoms in total.